The highest BCUT2D eigenvalue weighted by molar-refractivity contribution is 6.78. The van der Waals surface area contributed by atoms with Crippen LogP contribution in [-0.2, 0) is 13.6 Å². The second kappa shape index (κ2) is 11.0. The minimum absolute atomic E-state index is 0.325. The number of ether oxygens (including phenoxy) is 1. The number of hydrogen-bond donors (Lipinski definition) is 1. The van der Waals surface area contributed by atoms with Crippen molar-refractivity contribution < 1.29 is 18.7 Å². The summed E-state index contributed by atoms with van der Waals surface area (Å²) in [5.74, 6) is 0. The smallest absolute Gasteiger partial charge is 0.201 e. The molecule has 1 N–H and O–H groups in total. The van der Waals surface area contributed by atoms with Crippen molar-refractivity contribution in [2.45, 2.75) is 148 Å². The lowest BCUT2D eigenvalue weighted by Gasteiger charge is -2.48. The number of aliphatic hydroxyl groups excluding tert-OH is 1. The Bertz CT molecular complexity index is 543. The molecule has 1 aliphatic rings. The molecule has 184 valence electrons. The maximum absolute atomic E-state index is 11.1. The lowest BCUT2D eigenvalue weighted by atomic mass is 10.1. The van der Waals surface area contributed by atoms with Gasteiger partial charge in [0, 0.05) is 0 Å². The summed E-state index contributed by atoms with van der Waals surface area (Å²) >= 11 is 0. The van der Waals surface area contributed by atoms with E-state index in [4.69, 9.17) is 13.6 Å². The summed E-state index contributed by atoms with van der Waals surface area (Å²) in [5, 5.41) is 11.1. The fraction of sp³-hybridized carbons (Fsp3) is 0.920. The van der Waals surface area contributed by atoms with Crippen LogP contribution in [0.4, 0.5) is 0 Å². The van der Waals surface area contributed by atoms with Crippen molar-refractivity contribution in [1.29, 1.82) is 0 Å². The van der Waals surface area contributed by atoms with Crippen LogP contribution in [0.3, 0.4) is 0 Å². The summed E-state index contributed by atoms with van der Waals surface area (Å²) in [4.78, 5) is 0. The zero-order valence-corrected chi connectivity index (χ0v) is 24.7. The first kappa shape index (κ1) is 29.0. The van der Waals surface area contributed by atoms with Crippen LogP contribution >= 0.6 is 0 Å². The van der Waals surface area contributed by atoms with Crippen LogP contribution in [-0.4, -0.2) is 46.3 Å². The van der Waals surface area contributed by atoms with Crippen LogP contribution in [0.1, 0.15) is 90.0 Å². The third kappa shape index (κ3) is 5.40. The van der Waals surface area contributed by atoms with Gasteiger partial charge in [0.25, 0.3) is 0 Å². The van der Waals surface area contributed by atoms with Crippen LogP contribution in [0.2, 0.25) is 33.2 Å². The molecule has 6 heteroatoms. The van der Waals surface area contributed by atoms with Gasteiger partial charge in [0.2, 0.25) is 16.6 Å². The predicted octanol–water partition coefficient (Wildman–Crippen LogP) is 7.40. The van der Waals surface area contributed by atoms with Gasteiger partial charge in [-0.3, -0.25) is 0 Å². The van der Waals surface area contributed by atoms with E-state index < -0.39 is 29.0 Å². The molecule has 0 spiro atoms. The van der Waals surface area contributed by atoms with E-state index in [1.54, 1.807) is 0 Å². The Morgan fingerprint density at radius 1 is 0.677 bits per heavy atom. The molecule has 1 saturated heterocycles. The Morgan fingerprint density at radius 2 is 0.968 bits per heavy atom. The van der Waals surface area contributed by atoms with Crippen LogP contribution in [0, 0.1) is 0 Å². The van der Waals surface area contributed by atoms with Gasteiger partial charge in [-0.2, -0.15) is 0 Å². The molecule has 0 saturated carbocycles. The van der Waals surface area contributed by atoms with Gasteiger partial charge >= 0.3 is 0 Å². The lowest BCUT2D eigenvalue weighted by molar-refractivity contribution is -0.118. The van der Waals surface area contributed by atoms with Crippen LogP contribution in [0.15, 0.2) is 12.2 Å². The van der Waals surface area contributed by atoms with Gasteiger partial charge in [-0.15, -0.1) is 0 Å². The topological polar surface area (TPSA) is 47.9 Å². The summed E-state index contributed by atoms with van der Waals surface area (Å²) < 4.78 is 20.4. The molecule has 4 nitrogen and oxygen atoms in total. The predicted molar refractivity (Wildman–Crippen MR) is 138 cm³/mol. The lowest BCUT2D eigenvalue weighted by Crippen LogP contribution is -2.58. The van der Waals surface area contributed by atoms with Crippen LogP contribution in [0.25, 0.3) is 0 Å². The summed E-state index contributed by atoms with van der Waals surface area (Å²) in [5.41, 5.74) is 3.49. The Labute approximate surface area is 195 Å². The molecule has 1 unspecified atom stereocenters. The summed E-state index contributed by atoms with van der Waals surface area (Å²) in [7, 11) is -4.44. The fourth-order valence-electron chi connectivity index (χ4n) is 6.58. The van der Waals surface area contributed by atoms with Gasteiger partial charge in [-0.05, 0) is 45.7 Å². The average molecular weight is 473 g/mol. The monoisotopic (exact) mass is 472 g/mol. The molecule has 0 bridgehead atoms. The van der Waals surface area contributed by atoms with Crippen molar-refractivity contribution in [3.05, 3.63) is 12.2 Å². The maximum atomic E-state index is 11.1. The van der Waals surface area contributed by atoms with E-state index in [9.17, 15) is 5.11 Å². The van der Waals surface area contributed by atoms with Crippen LogP contribution < -0.4 is 0 Å². The molecule has 0 aromatic heterocycles. The molecule has 1 heterocycles. The Hall–Kier alpha value is 0.0138. The first-order valence-corrected chi connectivity index (χ1v) is 16.7. The minimum atomic E-state index is -2.23. The Balaban J connectivity index is 3.55. The Morgan fingerprint density at radius 3 is 1.23 bits per heavy atom. The highest BCUT2D eigenvalue weighted by Crippen LogP contribution is 2.48. The highest BCUT2D eigenvalue weighted by Gasteiger charge is 2.57. The van der Waals surface area contributed by atoms with Crippen molar-refractivity contribution in [1.82, 2.24) is 0 Å². The van der Waals surface area contributed by atoms with Gasteiger partial charge < -0.3 is 18.7 Å². The zero-order chi connectivity index (χ0) is 24.5. The van der Waals surface area contributed by atoms with Gasteiger partial charge in [-0.25, -0.2) is 0 Å². The van der Waals surface area contributed by atoms with Gasteiger partial charge in [0.1, 0.15) is 18.3 Å². The summed E-state index contributed by atoms with van der Waals surface area (Å²) in [6.07, 6.45) is -2.15. The van der Waals surface area contributed by atoms with Gasteiger partial charge in [-0.1, -0.05) is 89.7 Å². The largest absolute Gasteiger partial charge is 0.407 e. The van der Waals surface area contributed by atoms with Crippen molar-refractivity contribution in [2.75, 3.05) is 0 Å². The van der Waals surface area contributed by atoms with E-state index in [0.717, 1.165) is 5.57 Å². The molecule has 0 radical (unpaired) electrons. The molecule has 4 atom stereocenters. The molecule has 0 aromatic rings. The van der Waals surface area contributed by atoms with E-state index in [2.05, 4.69) is 89.7 Å². The molecule has 0 amide bonds. The van der Waals surface area contributed by atoms with E-state index in [1.807, 2.05) is 6.92 Å². The summed E-state index contributed by atoms with van der Waals surface area (Å²) in [6.45, 7) is 33.5. The quantitative estimate of drug-likeness (QED) is 0.251. The first-order chi connectivity index (χ1) is 14.1. The van der Waals surface area contributed by atoms with E-state index in [-0.39, 0.29) is 12.2 Å². The fourth-order valence-corrected chi connectivity index (χ4v) is 17.7. The summed E-state index contributed by atoms with van der Waals surface area (Å²) in [6, 6.07) is 0. The second-order valence-electron chi connectivity index (χ2n) is 11.6. The molecule has 0 aliphatic carbocycles. The number of rotatable bonds is 11. The van der Waals surface area contributed by atoms with Crippen molar-refractivity contribution >= 4 is 16.6 Å². The SMILES string of the molecule is C=C(C)[C@H]1OC(O)[C@@H](O[Si](C(C)C)(C(C)C)C(C)C)[C@@H]1O[Si](C(C)C)(C(C)C)C(C)C. The van der Waals surface area contributed by atoms with E-state index >= 15 is 0 Å². The van der Waals surface area contributed by atoms with E-state index in [0.29, 0.717) is 33.2 Å². The van der Waals surface area contributed by atoms with E-state index in [1.165, 1.54) is 0 Å². The highest BCUT2D eigenvalue weighted by atomic mass is 28.4. The number of hydrogen-bond acceptors (Lipinski definition) is 4. The molecule has 0 aromatic carbocycles. The first-order valence-electron chi connectivity index (χ1n) is 12.4. The molecule has 1 rings (SSSR count). The molecule has 1 fully saturated rings. The minimum Gasteiger partial charge on any atom is -0.407 e. The Kier molecular flexibility index (Phi) is 10.3. The van der Waals surface area contributed by atoms with Crippen molar-refractivity contribution in [3.63, 3.8) is 0 Å². The zero-order valence-electron chi connectivity index (χ0n) is 22.7. The molecular formula is C25H52O4Si2. The normalized spacial score (nSPS) is 25.8. The van der Waals surface area contributed by atoms with Crippen molar-refractivity contribution in [3.8, 4) is 0 Å². The third-order valence-electron chi connectivity index (χ3n) is 7.77. The van der Waals surface area contributed by atoms with Crippen LogP contribution in [0.5, 0.6) is 0 Å². The van der Waals surface area contributed by atoms with Crippen molar-refractivity contribution in [2.24, 2.45) is 0 Å². The third-order valence-corrected chi connectivity index (χ3v) is 20.0. The van der Waals surface area contributed by atoms with Gasteiger partial charge in [0.05, 0.1) is 0 Å². The standard InChI is InChI=1S/C25H52O4Si2/c1-15(2)22-23(28-30(16(3)4,17(5)6)18(7)8)24(25(26)27-22)29-31(19(9)10,20(11)12)21(13)14/h16-26H,1H2,2-14H3/t22-,23-,24+,25?/m1/s1. The molecule has 31 heavy (non-hydrogen) atoms. The number of aliphatic hydroxyl groups is 1. The molecule has 1 aliphatic heterocycles. The second-order valence-corrected chi connectivity index (χ2v) is 22.4. The average Bonchev–Trinajstić information content (AvgIpc) is 2.90. The van der Waals surface area contributed by atoms with Gasteiger partial charge in [0.15, 0.2) is 6.29 Å². The maximum Gasteiger partial charge on any atom is 0.201 e. The molecular weight excluding hydrogens is 420 g/mol.